The molecule has 1 aliphatic rings. The van der Waals surface area contributed by atoms with Crippen LogP contribution in [0.4, 0.5) is 0 Å². The van der Waals surface area contributed by atoms with Crippen LogP contribution in [0.3, 0.4) is 0 Å². The number of sulfonamides is 1. The van der Waals surface area contributed by atoms with Gasteiger partial charge in [-0.3, -0.25) is 4.79 Å². The summed E-state index contributed by atoms with van der Waals surface area (Å²) in [5.74, 6) is 0.270. The first-order chi connectivity index (χ1) is 11.1. The zero-order valence-electron chi connectivity index (χ0n) is 15.2. The van der Waals surface area contributed by atoms with E-state index in [0.717, 1.165) is 24.8 Å². The second-order valence-electron chi connectivity index (χ2n) is 7.05. The molecular formula is C18H28N2O3S. The van der Waals surface area contributed by atoms with Gasteiger partial charge in [0.05, 0.1) is 4.90 Å². The van der Waals surface area contributed by atoms with Crippen molar-refractivity contribution in [2.75, 3.05) is 14.1 Å². The van der Waals surface area contributed by atoms with Crippen molar-refractivity contribution in [3.05, 3.63) is 28.8 Å². The largest absolute Gasteiger partial charge is 0.349 e. The van der Waals surface area contributed by atoms with Gasteiger partial charge < -0.3 is 5.32 Å². The third kappa shape index (κ3) is 3.81. The van der Waals surface area contributed by atoms with Crippen LogP contribution in [0.2, 0.25) is 0 Å². The zero-order valence-corrected chi connectivity index (χ0v) is 16.0. The average molecular weight is 353 g/mol. The predicted octanol–water partition coefficient (Wildman–Crippen LogP) is 2.86. The molecule has 6 heteroatoms. The average Bonchev–Trinajstić information content (AvgIpc) is 2.51. The van der Waals surface area contributed by atoms with Gasteiger partial charge in [-0.2, -0.15) is 0 Å². The minimum atomic E-state index is -3.58. The van der Waals surface area contributed by atoms with Crippen molar-refractivity contribution < 1.29 is 13.2 Å². The van der Waals surface area contributed by atoms with E-state index in [1.54, 1.807) is 13.0 Å². The van der Waals surface area contributed by atoms with Crippen molar-refractivity contribution in [3.8, 4) is 0 Å². The summed E-state index contributed by atoms with van der Waals surface area (Å²) in [7, 11) is -0.575. The number of nitrogens with zero attached hydrogens (tertiary/aromatic N) is 1. The molecule has 5 nitrogen and oxygen atoms in total. The third-order valence-corrected chi connectivity index (χ3v) is 7.01. The Balaban J connectivity index is 2.34. The van der Waals surface area contributed by atoms with Crippen molar-refractivity contribution in [2.24, 2.45) is 5.92 Å². The van der Waals surface area contributed by atoms with Gasteiger partial charge >= 0.3 is 0 Å². The van der Waals surface area contributed by atoms with Crippen LogP contribution >= 0.6 is 0 Å². The molecule has 1 saturated carbocycles. The van der Waals surface area contributed by atoms with Crippen molar-refractivity contribution in [3.63, 3.8) is 0 Å². The molecular weight excluding hydrogens is 324 g/mol. The van der Waals surface area contributed by atoms with Crippen molar-refractivity contribution in [2.45, 2.75) is 57.4 Å². The fourth-order valence-corrected chi connectivity index (χ4v) is 4.42. The Kier molecular flexibility index (Phi) is 5.71. The summed E-state index contributed by atoms with van der Waals surface area (Å²) in [6, 6.07) is 3.44. The predicted molar refractivity (Wildman–Crippen MR) is 95.7 cm³/mol. The Morgan fingerprint density at radius 2 is 1.79 bits per heavy atom. The van der Waals surface area contributed by atoms with E-state index >= 15 is 0 Å². The lowest BCUT2D eigenvalue weighted by molar-refractivity contribution is 0.0910. The summed E-state index contributed by atoms with van der Waals surface area (Å²) in [4.78, 5) is 12.9. The van der Waals surface area contributed by atoms with E-state index in [-0.39, 0.29) is 16.8 Å². The van der Waals surface area contributed by atoms with E-state index in [1.165, 1.54) is 30.9 Å². The molecule has 1 aromatic carbocycles. The van der Waals surface area contributed by atoms with Gasteiger partial charge in [0.1, 0.15) is 0 Å². The maximum Gasteiger partial charge on any atom is 0.251 e. The van der Waals surface area contributed by atoms with Gasteiger partial charge in [-0.15, -0.1) is 0 Å². The van der Waals surface area contributed by atoms with E-state index in [9.17, 15) is 13.2 Å². The normalized spacial score (nSPS) is 21.8. The highest BCUT2D eigenvalue weighted by atomic mass is 32.2. The number of amides is 1. The lowest BCUT2D eigenvalue weighted by atomic mass is 9.86. The topological polar surface area (TPSA) is 66.5 Å². The Bertz CT molecular complexity index is 726. The molecule has 1 aromatic rings. The third-order valence-electron chi connectivity index (χ3n) is 5.07. The lowest BCUT2D eigenvalue weighted by Crippen LogP contribution is -2.41. The molecule has 0 aromatic heterocycles. The summed E-state index contributed by atoms with van der Waals surface area (Å²) in [6.07, 6.45) is 4.45. The number of carbonyl (C=O) groups is 1. The SMILES string of the molecule is Cc1cc(C(=O)NC2CCCCC2C)cc(S(=O)(=O)N(C)C)c1C. The number of hydrogen-bond acceptors (Lipinski definition) is 3. The van der Waals surface area contributed by atoms with Crippen LogP contribution in [0.15, 0.2) is 17.0 Å². The molecule has 2 rings (SSSR count). The quantitative estimate of drug-likeness (QED) is 0.906. The molecule has 24 heavy (non-hydrogen) atoms. The van der Waals surface area contributed by atoms with E-state index in [1.807, 2.05) is 6.92 Å². The number of aryl methyl sites for hydroxylation is 1. The molecule has 1 N–H and O–H groups in total. The van der Waals surface area contributed by atoms with E-state index < -0.39 is 10.0 Å². The Morgan fingerprint density at radius 1 is 1.17 bits per heavy atom. The first-order valence-corrected chi connectivity index (χ1v) is 9.93. The Hall–Kier alpha value is -1.40. The van der Waals surface area contributed by atoms with Crippen LogP contribution in [0.5, 0.6) is 0 Å². The molecule has 1 fully saturated rings. The molecule has 2 atom stereocenters. The van der Waals surface area contributed by atoms with Gasteiger partial charge in [0.2, 0.25) is 10.0 Å². The molecule has 0 saturated heterocycles. The van der Waals surface area contributed by atoms with Gasteiger partial charge in [0, 0.05) is 25.7 Å². The highest BCUT2D eigenvalue weighted by Gasteiger charge is 2.26. The zero-order chi connectivity index (χ0) is 18.1. The fraction of sp³-hybridized carbons (Fsp3) is 0.611. The van der Waals surface area contributed by atoms with Gasteiger partial charge in [-0.25, -0.2) is 12.7 Å². The van der Waals surface area contributed by atoms with Crippen molar-refractivity contribution >= 4 is 15.9 Å². The first kappa shape index (κ1) is 18.9. The van der Waals surface area contributed by atoms with Crippen LogP contribution < -0.4 is 5.32 Å². The second-order valence-corrected chi connectivity index (χ2v) is 9.17. The monoisotopic (exact) mass is 352 g/mol. The van der Waals surface area contributed by atoms with E-state index in [4.69, 9.17) is 0 Å². The second kappa shape index (κ2) is 7.23. The van der Waals surface area contributed by atoms with Crippen LogP contribution in [0.1, 0.15) is 54.1 Å². The number of nitrogens with one attached hydrogen (secondary N) is 1. The molecule has 0 aliphatic heterocycles. The molecule has 134 valence electrons. The van der Waals surface area contributed by atoms with E-state index in [2.05, 4.69) is 12.2 Å². The van der Waals surface area contributed by atoms with Gasteiger partial charge in [0.25, 0.3) is 5.91 Å². The van der Waals surface area contributed by atoms with Gasteiger partial charge in [0.15, 0.2) is 0 Å². The molecule has 1 amide bonds. The Morgan fingerprint density at radius 3 is 2.38 bits per heavy atom. The summed E-state index contributed by atoms with van der Waals surface area (Å²) < 4.78 is 26.2. The van der Waals surface area contributed by atoms with Crippen LogP contribution in [-0.4, -0.2) is 38.8 Å². The number of rotatable bonds is 4. The maximum atomic E-state index is 12.7. The minimum Gasteiger partial charge on any atom is -0.349 e. The summed E-state index contributed by atoms with van der Waals surface area (Å²) in [6.45, 7) is 5.77. The molecule has 2 unspecified atom stereocenters. The highest BCUT2D eigenvalue weighted by Crippen LogP contribution is 2.26. The summed E-state index contributed by atoms with van der Waals surface area (Å²) >= 11 is 0. The van der Waals surface area contributed by atoms with Gasteiger partial charge in [-0.05, 0) is 55.9 Å². The smallest absolute Gasteiger partial charge is 0.251 e. The standard InChI is InChI=1S/C18H28N2O3S/c1-12-8-6-7-9-16(12)19-18(21)15-10-13(2)14(3)17(11-15)24(22,23)20(4)5/h10-12,16H,6-9H2,1-5H3,(H,19,21). The summed E-state index contributed by atoms with van der Waals surface area (Å²) in [5.41, 5.74) is 1.90. The molecule has 0 heterocycles. The Labute approximate surface area is 145 Å². The lowest BCUT2D eigenvalue weighted by Gasteiger charge is -2.29. The minimum absolute atomic E-state index is 0.168. The maximum absolute atomic E-state index is 12.7. The molecule has 1 aliphatic carbocycles. The van der Waals surface area contributed by atoms with Crippen molar-refractivity contribution in [1.82, 2.24) is 9.62 Å². The number of carbonyl (C=O) groups excluding carboxylic acids is 1. The highest BCUT2D eigenvalue weighted by molar-refractivity contribution is 7.89. The van der Waals surface area contributed by atoms with Gasteiger partial charge in [-0.1, -0.05) is 19.8 Å². The molecule has 0 spiro atoms. The van der Waals surface area contributed by atoms with Crippen molar-refractivity contribution in [1.29, 1.82) is 0 Å². The first-order valence-electron chi connectivity index (χ1n) is 8.49. The molecule has 0 bridgehead atoms. The molecule has 0 radical (unpaired) electrons. The summed E-state index contributed by atoms with van der Waals surface area (Å²) in [5, 5.41) is 3.09. The van der Waals surface area contributed by atoms with Crippen LogP contribution in [0, 0.1) is 19.8 Å². The van der Waals surface area contributed by atoms with Crippen LogP contribution in [0.25, 0.3) is 0 Å². The van der Waals surface area contributed by atoms with E-state index in [0.29, 0.717) is 17.0 Å². The number of hydrogen-bond donors (Lipinski definition) is 1. The fourth-order valence-electron chi connectivity index (χ4n) is 3.21. The number of benzene rings is 1. The van der Waals surface area contributed by atoms with Crippen LogP contribution in [-0.2, 0) is 10.0 Å².